The molecule has 0 bridgehead atoms. The fraction of sp³-hybridized carbons (Fsp3) is 0.250. The summed E-state index contributed by atoms with van der Waals surface area (Å²) in [5, 5.41) is 10.3. The van der Waals surface area contributed by atoms with Crippen molar-refractivity contribution in [1.29, 1.82) is 0 Å². The van der Waals surface area contributed by atoms with Crippen molar-refractivity contribution in [1.82, 2.24) is 4.89 Å². The molecule has 7 nitrogen and oxygen atoms in total. The van der Waals surface area contributed by atoms with E-state index in [0.717, 1.165) is 12.1 Å². The van der Waals surface area contributed by atoms with Gasteiger partial charge in [-0.05, 0) is 12.1 Å². The molecule has 0 aliphatic heterocycles. The molecule has 112 valence electrons. The molecule has 0 amide bonds. The predicted molar refractivity (Wildman–Crippen MR) is 60.4 cm³/mol. The molecule has 1 N–H and O–H groups in total. The number of sulfonamides is 1. The van der Waals surface area contributed by atoms with Crippen LogP contribution >= 0.6 is 11.6 Å². The monoisotopic (exact) mass is 334 g/mol. The molecule has 0 fully saturated rings. The first-order valence-corrected chi connectivity index (χ1v) is 6.53. The van der Waals surface area contributed by atoms with E-state index in [1.54, 1.807) is 0 Å². The van der Waals surface area contributed by atoms with Crippen molar-refractivity contribution in [2.24, 2.45) is 0 Å². The standard InChI is InChI=1S/C8H6ClF3N2O5S/c9-6-2-1-5(3-7(6)14(15)16)20(17,18)13-19-4-8(10,11)12/h1-3,13H,4H2. The van der Waals surface area contributed by atoms with E-state index in [-0.39, 0.29) is 5.02 Å². The van der Waals surface area contributed by atoms with E-state index in [0.29, 0.717) is 6.07 Å². The second-order valence-corrected chi connectivity index (χ2v) is 5.41. The summed E-state index contributed by atoms with van der Waals surface area (Å²) >= 11 is 5.47. The molecular formula is C8H6ClF3N2O5S. The maximum absolute atomic E-state index is 11.8. The summed E-state index contributed by atoms with van der Waals surface area (Å²) in [7, 11) is -4.49. The number of hydrogen-bond acceptors (Lipinski definition) is 5. The largest absolute Gasteiger partial charge is 0.413 e. The van der Waals surface area contributed by atoms with Gasteiger partial charge in [-0.15, -0.1) is 0 Å². The van der Waals surface area contributed by atoms with Crippen LogP contribution in [0.15, 0.2) is 23.1 Å². The van der Waals surface area contributed by atoms with E-state index in [1.165, 1.54) is 4.89 Å². The fourth-order valence-corrected chi connectivity index (χ4v) is 2.05. The van der Waals surface area contributed by atoms with Crippen LogP contribution < -0.4 is 4.89 Å². The van der Waals surface area contributed by atoms with Gasteiger partial charge in [0.15, 0.2) is 6.61 Å². The Bertz CT molecular complexity index is 619. The SMILES string of the molecule is O=[N+]([O-])c1cc(S(=O)(=O)NOCC(F)(F)F)ccc1Cl. The third-order valence-corrected chi connectivity index (χ3v) is 3.36. The van der Waals surface area contributed by atoms with Crippen LogP contribution in [0.2, 0.25) is 5.02 Å². The van der Waals surface area contributed by atoms with Crippen LogP contribution in [0, 0.1) is 10.1 Å². The number of rotatable bonds is 5. The van der Waals surface area contributed by atoms with Gasteiger partial charge in [-0.3, -0.25) is 15.0 Å². The van der Waals surface area contributed by atoms with Crippen LogP contribution in [0.5, 0.6) is 0 Å². The summed E-state index contributed by atoms with van der Waals surface area (Å²) in [5.41, 5.74) is -0.703. The summed E-state index contributed by atoms with van der Waals surface area (Å²) in [4.78, 5) is 14.0. The Morgan fingerprint density at radius 3 is 2.50 bits per heavy atom. The zero-order chi connectivity index (χ0) is 15.6. The van der Waals surface area contributed by atoms with Gasteiger partial charge in [0, 0.05) is 6.07 Å². The van der Waals surface area contributed by atoms with Crippen molar-refractivity contribution in [2.45, 2.75) is 11.1 Å². The third kappa shape index (κ3) is 4.59. The lowest BCUT2D eigenvalue weighted by Gasteiger charge is -2.09. The minimum absolute atomic E-state index is 0.315. The van der Waals surface area contributed by atoms with Crippen molar-refractivity contribution in [3.63, 3.8) is 0 Å². The molecule has 0 aliphatic rings. The van der Waals surface area contributed by atoms with Gasteiger partial charge >= 0.3 is 6.18 Å². The highest BCUT2D eigenvalue weighted by molar-refractivity contribution is 7.89. The number of benzene rings is 1. The van der Waals surface area contributed by atoms with Gasteiger partial charge in [0.05, 0.1) is 9.82 Å². The van der Waals surface area contributed by atoms with E-state index < -0.39 is 38.3 Å². The van der Waals surface area contributed by atoms with Gasteiger partial charge in [0.2, 0.25) is 0 Å². The Morgan fingerprint density at radius 1 is 1.40 bits per heavy atom. The number of hydrogen-bond donors (Lipinski definition) is 1. The highest BCUT2D eigenvalue weighted by atomic mass is 35.5. The van der Waals surface area contributed by atoms with Crippen LogP contribution in [-0.4, -0.2) is 26.1 Å². The fourth-order valence-electron chi connectivity index (χ4n) is 1.04. The van der Waals surface area contributed by atoms with Gasteiger partial charge in [0.1, 0.15) is 5.02 Å². The van der Waals surface area contributed by atoms with Gasteiger partial charge in [0.25, 0.3) is 15.7 Å². The van der Waals surface area contributed by atoms with E-state index in [1.807, 2.05) is 0 Å². The van der Waals surface area contributed by atoms with Crippen molar-refractivity contribution < 1.29 is 31.3 Å². The maximum atomic E-state index is 11.8. The molecule has 0 saturated heterocycles. The molecular weight excluding hydrogens is 329 g/mol. The van der Waals surface area contributed by atoms with Crippen LogP contribution in [0.4, 0.5) is 18.9 Å². The second-order valence-electron chi connectivity index (χ2n) is 3.36. The summed E-state index contributed by atoms with van der Waals surface area (Å²) < 4.78 is 58.4. The average Bonchev–Trinajstić information content (AvgIpc) is 2.26. The minimum Gasteiger partial charge on any atom is -0.277 e. The van der Waals surface area contributed by atoms with E-state index >= 15 is 0 Å². The van der Waals surface area contributed by atoms with Gasteiger partial charge in [-0.2, -0.15) is 13.2 Å². The Morgan fingerprint density at radius 2 is 2.00 bits per heavy atom. The smallest absolute Gasteiger partial charge is 0.277 e. The first-order chi connectivity index (χ1) is 9.03. The van der Waals surface area contributed by atoms with Gasteiger partial charge in [-0.1, -0.05) is 16.5 Å². The molecule has 0 aromatic heterocycles. The van der Waals surface area contributed by atoms with E-state index in [9.17, 15) is 31.7 Å². The van der Waals surface area contributed by atoms with Gasteiger partial charge in [-0.25, -0.2) is 8.42 Å². The number of nitrogens with one attached hydrogen (secondary N) is 1. The Labute approximate surface area is 115 Å². The molecule has 12 heteroatoms. The zero-order valence-electron chi connectivity index (χ0n) is 9.35. The zero-order valence-corrected chi connectivity index (χ0v) is 10.9. The van der Waals surface area contributed by atoms with E-state index in [4.69, 9.17) is 11.6 Å². The van der Waals surface area contributed by atoms with Crippen molar-refractivity contribution in [3.05, 3.63) is 33.3 Å². The lowest BCUT2D eigenvalue weighted by molar-refractivity contribution is -0.384. The number of nitro benzene ring substituents is 1. The molecule has 1 rings (SSSR count). The number of halogens is 4. The molecule has 0 atom stereocenters. The molecule has 20 heavy (non-hydrogen) atoms. The quantitative estimate of drug-likeness (QED) is 0.656. The normalized spacial score (nSPS) is 12.4. The van der Waals surface area contributed by atoms with Crippen LogP contribution in [0.1, 0.15) is 0 Å². The highest BCUT2D eigenvalue weighted by Crippen LogP contribution is 2.27. The average molecular weight is 335 g/mol. The maximum Gasteiger partial charge on any atom is 0.413 e. The minimum atomic E-state index is -4.73. The topological polar surface area (TPSA) is 98.5 Å². The van der Waals surface area contributed by atoms with Crippen molar-refractivity contribution in [3.8, 4) is 0 Å². The predicted octanol–water partition coefficient (Wildman–Crippen LogP) is 2.02. The van der Waals surface area contributed by atoms with Crippen LogP contribution in [-0.2, 0) is 14.9 Å². The second kappa shape index (κ2) is 5.91. The van der Waals surface area contributed by atoms with E-state index in [2.05, 4.69) is 4.84 Å². The molecule has 0 unspecified atom stereocenters. The molecule has 0 spiro atoms. The Kier molecular flexibility index (Phi) is 4.91. The first-order valence-electron chi connectivity index (χ1n) is 4.67. The molecule has 1 aromatic carbocycles. The van der Waals surface area contributed by atoms with Crippen LogP contribution in [0.25, 0.3) is 0 Å². The number of alkyl halides is 3. The summed E-state index contributed by atoms with van der Waals surface area (Å²) in [5.74, 6) is 0. The Balaban J connectivity index is 2.93. The summed E-state index contributed by atoms with van der Waals surface area (Å²) in [6, 6.07) is 2.41. The summed E-state index contributed by atoms with van der Waals surface area (Å²) in [6.07, 6.45) is -4.73. The van der Waals surface area contributed by atoms with Gasteiger partial charge < -0.3 is 0 Å². The molecule has 0 aliphatic carbocycles. The Hall–Kier alpha value is -1.43. The molecule has 0 heterocycles. The molecule has 0 radical (unpaired) electrons. The lowest BCUT2D eigenvalue weighted by Crippen LogP contribution is -2.29. The first kappa shape index (κ1) is 16.6. The highest BCUT2D eigenvalue weighted by Gasteiger charge is 2.29. The number of nitrogens with zero attached hydrogens (tertiary/aromatic N) is 1. The lowest BCUT2D eigenvalue weighted by atomic mass is 10.3. The molecule has 0 saturated carbocycles. The van der Waals surface area contributed by atoms with Crippen LogP contribution in [0.3, 0.4) is 0 Å². The number of nitro groups is 1. The van der Waals surface area contributed by atoms with Crippen molar-refractivity contribution in [2.75, 3.05) is 6.61 Å². The molecule has 1 aromatic rings. The summed E-state index contributed by atoms with van der Waals surface area (Å²) in [6.45, 7) is -1.85. The third-order valence-electron chi connectivity index (χ3n) is 1.83. The van der Waals surface area contributed by atoms with Crippen molar-refractivity contribution >= 4 is 27.3 Å².